The van der Waals surface area contributed by atoms with E-state index >= 15 is 0 Å². The lowest BCUT2D eigenvalue weighted by atomic mass is 10.3. The van der Waals surface area contributed by atoms with Crippen LogP contribution >= 0.6 is 39.7 Å². The number of nitrogens with zero attached hydrogens (tertiary/aromatic N) is 1. The molecule has 0 saturated carbocycles. The van der Waals surface area contributed by atoms with Gasteiger partial charge in [0.2, 0.25) is 0 Å². The number of allylic oxidation sites excluding steroid dienone is 1. The number of nitrogens with one attached hydrogen (secondary N) is 1. The molecule has 16 heavy (non-hydrogen) atoms. The average molecular weight is 322 g/mol. The first-order chi connectivity index (χ1) is 7.49. The fourth-order valence-electron chi connectivity index (χ4n) is 1.48. The number of imidazole rings is 1. The number of rotatable bonds is 2. The van der Waals surface area contributed by atoms with Crippen LogP contribution in [0.25, 0.3) is 11.0 Å². The van der Waals surface area contributed by atoms with Gasteiger partial charge in [-0.2, -0.15) is 0 Å². The zero-order chi connectivity index (χ0) is 11.9. The van der Waals surface area contributed by atoms with Crippen LogP contribution in [0, 0.1) is 10.6 Å². The molecular weight excluding hydrogens is 315 g/mol. The van der Waals surface area contributed by atoms with Gasteiger partial charge in [-0.05, 0) is 18.3 Å². The van der Waals surface area contributed by atoms with E-state index in [-0.39, 0.29) is 5.02 Å². The zero-order valence-corrected chi connectivity index (χ0v) is 11.2. The van der Waals surface area contributed by atoms with Gasteiger partial charge in [0.1, 0.15) is 5.82 Å². The topological polar surface area (TPSA) is 20.7 Å². The quantitative estimate of drug-likeness (QED) is 0.813. The standard InChI is InChI=1S/C10H7BrClFN2S/c1-5(11)4-15-9-3-7(13)6(12)2-8(9)14-10(15)16/h2-3H,1,4H2,(H,14,16). The molecule has 2 rings (SSSR count). The van der Waals surface area contributed by atoms with E-state index in [1.807, 2.05) is 0 Å². The lowest BCUT2D eigenvalue weighted by Crippen LogP contribution is -1.97. The molecule has 2 aromatic rings. The minimum atomic E-state index is -0.461. The van der Waals surface area contributed by atoms with Crippen molar-refractivity contribution >= 4 is 50.8 Å². The Hall–Kier alpha value is -0.650. The lowest BCUT2D eigenvalue weighted by Gasteiger charge is -2.02. The van der Waals surface area contributed by atoms with Gasteiger partial charge in [0, 0.05) is 10.5 Å². The number of H-pyrrole nitrogens is 1. The highest BCUT2D eigenvalue weighted by Crippen LogP contribution is 2.23. The number of hydrogen-bond donors (Lipinski definition) is 1. The summed E-state index contributed by atoms with van der Waals surface area (Å²) in [6.45, 7) is 4.22. The smallest absolute Gasteiger partial charge is 0.178 e. The maximum Gasteiger partial charge on any atom is 0.178 e. The normalized spacial score (nSPS) is 10.9. The van der Waals surface area contributed by atoms with Crippen LogP contribution in [-0.4, -0.2) is 9.55 Å². The second-order valence-corrected chi connectivity index (χ2v) is 5.23. The van der Waals surface area contributed by atoms with Crippen LogP contribution in [0.3, 0.4) is 0 Å². The summed E-state index contributed by atoms with van der Waals surface area (Å²) in [6.07, 6.45) is 0. The van der Waals surface area contributed by atoms with Crippen LogP contribution in [-0.2, 0) is 6.54 Å². The van der Waals surface area contributed by atoms with Gasteiger partial charge in [-0.1, -0.05) is 34.1 Å². The van der Waals surface area contributed by atoms with E-state index < -0.39 is 5.82 Å². The van der Waals surface area contributed by atoms with Gasteiger partial charge in [-0.15, -0.1) is 0 Å². The predicted molar refractivity (Wildman–Crippen MR) is 70.2 cm³/mol. The number of halogens is 3. The molecule has 0 spiro atoms. The maximum atomic E-state index is 13.3. The monoisotopic (exact) mass is 320 g/mol. The van der Waals surface area contributed by atoms with E-state index in [4.69, 9.17) is 23.8 Å². The minimum absolute atomic E-state index is 0.0774. The Morgan fingerprint density at radius 3 is 2.94 bits per heavy atom. The molecule has 1 heterocycles. The van der Waals surface area contributed by atoms with Crippen LogP contribution in [0.15, 0.2) is 23.2 Å². The highest BCUT2D eigenvalue weighted by molar-refractivity contribution is 9.11. The Balaban J connectivity index is 2.74. The molecule has 0 saturated heterocycles. The minimum Gasteiger partial charge on any atom is -0.331 e. The fraction of sp³-hybridized carbons (Fsp3) is 0.100. The number of benzene rings is 1. The Labute approximate surface area is 110 Å². The zero-order valence-electron chi connectivity index (χ0n) is 8.06. The molecule has 0 radical (unpaired) electrons. The molecule has 6 heteroatoms. The van der Waals surface area contributed by atoms with E-state index in [1.54, 1.807) is 4.57 Å². The molecule has 84 valence electrons. The van der Waals surface area contributed by atoms with E-state index in [0.717, 1.165) is 4.48 Å². The first-order valence-corrected chi connectivity index (χ1v) is 5.98. The van der Waals surface area contributed by atoms with E-state index in [2.05, 4.69) is 27.5 Å². The van der Waals surface area contributed by atoms with Crippen LogP contribution in [0.2, 0.25) is 5.02 Å². The summed E-state index contributed by atoms with van der Waals surface area (Å²) in [5.41, 5.74) is 1.39. The van der Waals surface area contributed by atoms with Crippen molar-refractivity contribution in [3.8, 4) is 0 Å². The summed E-state index contributed by atoms with van der Waals surface area (Å²) in [5.74, 6) is -0.461. The summed E-state index contributed by atoms with van der Waals surface area (Å²) in [4.78, 5) is 2.97. The van der Waals surface area contributed by atoms with E-state index in [0.29, 0.717) is 22.3 Å². The maximum absolute atomic E-state index is 13.3. The first kappa shape index (κ1) is 11.8. The van der Waals surface area contributed by atoms with Gasteiger partial charge >= 0.3 is 0 Å². The second-order valence-electron chi connectivity index (χ2n) is 3.32. The van der Waals surface area contributed by atoms with Gasteiger partial charge in [-0.25, -0.2) is 4.39 Å². The molecule has 0 unspecified atom stereocenters. The summed E-state index contributed by atoms with van der Waals surface area (Å²) in [5, 5.41) is 0.0774. The Kier molecular flexibility index (Phi) is 3.19. The molecule has 0 aliphatic heterocycles. The highest BCUT2D eigenvalue weighted by atomic mass is 79.9. The Morgan fingerprint density at radius 2 is 2.31 bits per heavy atom. The molecule has 0 aliphatic carbocycles. The van der Waals surface area contributed by atoms with Crippen molar-refractivity contribution in [1.29, 1.82) is 0 Å². The van der Waals surface area contributed by atoms with Crippen LogP contribution in [0.4, 0.5) is 4.39 Å². The van der Waals surface area contributed by atoms with Crippen LogP contribution in [0.1, 0.15) is 0 Å². The van der Waals surface area contributed by atoms with E-state index in [1.165, 1.54) is 12.1 Å². The molecule has 0 atom stereocenters. The van der Waals surface area contributed by atoms with Crippen molar-refractivity contribution in [1.82, 2.24) is 9.55 Å². The molecule has 0 amide bonds. The molecule has 0 bridgehead atoms. The van der Waals surface area contributed by atoms with Crippen molar-refractivity contribution in [2.24, 2.45) is 0 Å². The van der Waals surface area contributed by atoms with Gasteiger partial charge in [0.25, 0.3) is 0 Å². The average Bonchev–Trinajstić information content (AvgIpc) is 2.45. The predicted octanol–water partition coefficient (Wildman–Crippen LogP) is 4.40. The first-order valence-electron chi connectivity index (χ1n) is 4.40. The van der Waals surface area contributed by atoms with Crippen molar-refractivity contribution in [2.45, 2.75) is 6.54 Å². The molecule has 2 nitrogen and oxygen atoms in total. The largest absolute Gasteiger partial charge is 0.331 e. The van der Waals surface area contributed by atoms with Gasteiger partial charge in [0.05, 0.1) is 22.6 Å². The van der Waals surface area contributed by atoms with Crippen molar-refractivity contribution in [2.75, 3.05) is 0 Å². The summed E-state index contributed by atoms with van der Waals surface area (Å²) < 4.78 is 16.4. The molecule has 0 fully saturated rings. The van der Waals surface area contributed by atoms with Crippen LogP contribution in [0.5, 0.6) is 0 Å². The molecular formula is C10H7BrClFN2S. The van der Waals surface area contributed by atoms with Crippen molar-refractivity contribution < 1.29 is 4.39 Å². The third kappa shape index (κ3) is 2.07. The molecule has 1 N–H and O–H groups in total. The second kappa shape index (κ2) is 4.31. The Morgan fingerprint density at radius 1 is 1.62 bits per heavy atom. The summed E-state index contributed by atoms with van der Waals surface area (Å²) in [7, 11) is 0. The molecule has 0 aliphatic rings. The Bertz CT molecular complexity index is 632. The van der Waals surface area contributed by atoms with E-state index in [9.17, 15) is 4.39 Å². The third-order valence-electron chi connectivity index (χ3n) is 2.15. The number of fused-ring (bicyclic) bond motifs is 1. The lowest BCUT2D eigenvalue weighted by molar-refractivity contribution is 0.629. The van der Waals surface area contributed by atoms with Crippen molar-refractivity contribution in [3.05, 3.63) is 38.8 Å². The molecule has 1 aromatic heterocycles. The van der Waals surface area contributed by atoms with Gasteiger partial charge in [-0.3, -0.25) is 0 Å². The highest BCUT2D eigenvalue weighted by Gasteiger charge is 2.09. The number of aromatic nitrogens is 2. The molecule has 1 aromatic carbocycles. The summed E-state index contributed by atoms with van der Waals surface area (Å²) >= 11 is 14.1. The fourth-order valence-corrected chi connectivity index (χ4v) is 2.17. The SMILES string of the molecule is C=C(Br)Cn1c(=S)[nH]c2cc(Cl)c(F)cc21. The number of aromatic amines is 1. The van der Waals surface area contributed by atoms with Crippen molar-refractivity contribution in [3.63, 3.8) is 0 Å². The third-order valence-corrected chi connectivity index (χ3v) is 3.01. The van der Waals surface area contributed by atoms with Gasteiger partial charge < -0.3 is 9.55 Å². The van der Waals surface area contributed by atoms with Crippen LogP contribution < -0.4 is 0 Å². The number of hydrogen-bond acceptors (Lipinski definition) is 1. The van der Waals surface area contributed by atoms with Gasteiger partial charge in [0.15, 0.2) is 4.77 Å². The summed E-state index contributed by atoms with van der Waals surface area (Å²) in [6, 6.07) is 2.88.